The fraction of sp³-hybridized carbons (Fsp3) is 0.571. The van der Waals surface area contributed by atoms with Crippen LogP contribution in [0.2, 0.25) is 13.3 Å². The Labute approximate surface area is 106 Å². The molecule has 92 valence electrons. The second-order valence-electron chi connectivity index (χ2n) is 5.02. The summed E-state index contributed by atoms with van der Waals surface area (Å²) in [5.41, 5.74) is 3.73. The van der Waals surface area contributed by atoms with Crippen LogP contribution in [0, 0.1) is 0 Å². The molecule has 1 nitrogen and oxygen atoms in total. The Hall–Kier alpha value is -0.0213. The Morgan fingerprint density at radius 3 is 1.38 bits per heavy atom. The third kappa shape index (κ3) is 6.54. The molecule has 0 aromatic heterocycles. The maximum absolute atomic E-state index is 6.19. The molecule has 0 aliphatic rings. The van der Waals surface area contributed by atoms with Crippen LogP contribution in [0.4, 0.5) is 0 Å². The van der Waals surface area contributed by atoms with E-state index in [4.69, 9.17) is 3.07 Å². The minimum atomic E-state index is -2.60. The second-order valence-corrected chi connectivity index (χ2v) is 15.6. The molecular formula is C14H26OSn. The average molecular weight is 329 g/mol. The van der Waals surface area contributed by atoms with E-state index in [0.717, 1.165) is 19.9 Å². The molecule has 0 saturated carbocycles. The van der Waals surface area contributed by atoms with Crippen molar-refractivity contribution in [3.05, 3.63) is 36.5 Å². The Balaban J connectivity index is 4.93. The zero-order valence-electron chi connectivity index (χ0n) is 11.4. The second kappa shape index (κ2) is 7.33. The van der Waals surface area contributed by atoms with Crippen molar-refractivity contribution in [3.8, 4) is 0 Å². The topological polar surface area (TPSA) is 9.23 Å². The van der Waals surface area contributed by atoms with E-state index in [1.165, 1.54) is 16.7 Å². The summed E-state index contributed by atoms with van der Waals surface area (Å²) in [6, 6.07) is 0. The van der Waals surface area contributed by atoms with E-state index in [9.17, 15) is 0 Å². The molecule has 0 radical (unpaired) electrons. The first-order chi connectivity index (χ1) is 7.31. The molecule has 0 amide bonds. The first kappa shape index (κ1) is 16.0. The zero-order valence-corrected chi connectivity index (χ0v) is 14.2. The van der Waals surface area contributed by atoms with Gasteiger partial charge in [0.05, 0.1) is 0 Å². The van der Waals surface area contributed by atoms with E-state index >= 15 is 0 Å². The van der Waals surface area contributed by atoms with Gasteiger partial charge in [0.2, 0.25) is 0 Å². The molecule has 0 spiro atoms. The van der Waals surface area contributed by atoms with Crippen LogP contribution in [0.5, 0.6) is 0 Å². The van der Waals surface area contributed by atoms with Crippen molar-refractivity contribution in [1.82, 2.24) is 0 Å². The van der Waals surface area contributed by atoms with E-state index in [-0.39, 0.29) is 0 Å². The summed E-state index contributed by atoms with van der Waals surface area (Å²) in [5.74, 6) is 0. The number of hydrogen-bond acceptors (Lipinski definition) is 1. The number of hydrogen-bond donors (Lipinski definition) is 0. The van der Waals surface area contributed by atoms with Gasteiger partial charge in [0, 0.05) is 0 Å². The Morgan fingerprint density at radius 1 is 0.875 bits per heavy atom. The molecular weight excluding hydrogens is 303 g/mol. The Kier molecular flexibility index (Phi) is 7.32. The third-order valence-corrected chi connectivity index (χ3v) is 15.6. The van der Waals surface area contributed by atoms with Gasteiger partial charge in [-0.25, -0.2) is 0 Å². The molecule has 16 heavy (non-hydrogen) atoms. The molecule has 2 heteroatoms. The molecule has 0 aromatic rings. The summed E-state index contributed by atoms with van der Waals surface area (Å²) in [5, 5.41) is 0. The molecule has 0 N–H and O–H groups in total. The van der Waals surface area contributed by atoms with Crippen LogP contribution in [-0.4, -0.2) is 25.4 Å². The molecule has 0 bridgehead atoms. The van der Waals surface area contributed by atoms with Gasteiger partial charge < -0.3 is 0 Å². The molecule has 0 heterocycles. The summed E-state index contributed by atoms with van der Waals surface area (Å²) in [4.78, 5) is 0. The predicted molar refractivity (Wildman–Crippen MR) is 76.2 cm³/mol. The summed E-state index contributed by atoms with van der Waals surface area (Å²) < 4.78 is 9.45. The van der Waals surface area contributed by atoms with Crippen molar-refractivity contribution in [3.63, 3.8) is 0 Å². The van der Waals surface area contributed by atoms with Crippen LogP contribution in [0.1, 0.15) is 27.7 Å². The molecule has 0 rings (SSSR count). The number of rotatable bonds is 8. The van der Waals surface area contributed by atoms with E-state index in [0.29, 0.717) is 0 Å². The fourth-order valence-corrected chi connectivity index (χ4v) is 15.4. The normalized spacial score (nSPS) is 11.2. The van der Waals surface area contributed by atoms with Gasteiger partial charge in [-0.15, -0.1) is 0 Å². The summed E-state index contributed by atoms with van der Waals surface area (Å²) in [7, 11) is 0. The van der Waals surface area contributed by atoms with Crippen molar-refractivity contribution in [2.75, 3.05) is 6.61 Å². The minimum absolute atomic E-state index is 0.809. The monoisotopic (exact) mass is 330 g/mol. The van der Waals surface area contributed by atoms with Gasteiger partial charge in [0.25, 0.3) is 0 Å². The number of allylic oxidation sites excluding steroid dienone is 3. The van der Waals surface area contributed by atoms with Gasteiger partial charge in [-0.2, -0.15) is 0 Å². The van der Waals surface area contributed by atoms with Crippen molar-refractivity contribution in [1.29, 1.82) is 0 Å². The quantitative estimate of drug-likeness (QED) is 0.463. The van der Waals surface area contributed by atoms with Crippen molar-refractivity contribution in [2.24, 2.45) is 0 Å². The Morgan fingerprint density at radius 2 is 1.19 bits per heavy atom. The van der Waals surface area contributed by atoms with E-state index in [1.54, 1.807) is 0 Å². The molecule has 0 atom stereocenters. The van der Waals surface area contributed by atoms with Crippen molar-refractivity contribution >= 4 is 18.8 Å². The van der Waals surface area contributed by atoms with Gasteiger partial charge in [0.1, 0.15) is 0 Å². The first-order valence-corrected chi connectivity index (χ1v) is 13.1. The zero-order chi connectivity index (χ0) is 12.8. The summed E-state index contributed by atoms with van der Waals surface area (Å²) >= 11 is -2.60. The molecule has 0 unspecified atom stereocenters. The SMILES string of the molecule is C=C(C)[CH2][Sn]([CH2]C(=C)C)([CH2]C(=C)C)[O]CC. The molecule has 0 aliphatic heterocycles. The Bertz CT molecular complexity index is 238. The van der Waals surface area contributed by atoms with Crippen LogP contribution in [0.25, 0.3) is 0 Å². The van der Waals surface area contributed by atoms with Crippen LogP contribution in [-0.2, 0) is 3.07 Å². The average Bonchev–Trinajstić information content (AvgIpc) is 1.98. The van der Waals surface area contributed by atoms with Gasteiger partial charge in [-0.05, 0) is 0 Å². The predicted octanol–water partition coefficient (Wildman–Crippen LogP) is 4.70. The van der Waals surface area contributed by atoms with E-state index < -0.39 is 18.8 Å². The summed E-state index contributed by atoms with van der Waals surface area (Å²) in [6.45, 7) is 21.3. The standard InChI is InChI=1S/3C4H7.C2H5O.Sn/c3*1-4(2)3;1-2-3;/h3*1-2H2,3H3;2H2,1H3;/q;;;-1;+1. The van der Waals surface area contributed by atoms with Gasteiger partial charge >= 0.3 is 106 Å². The van der Waals surface area contributed by atoms with Gasteiger partial charge in [0.15, 0.2) is 0 Å². The van der Waals surface area contributed by atoms with Crippen LogP contribution < -0.4 is 0 Å². The van der Waals surface area contributed by atoms with Crippen LogP contribution in [0.15, 0.2) is 36.5 Å². The van der Waals surface area contributed by atoms with Crippen LogP contribution >= 0.6 is 0 Å². The van der Waals surface area contributed by atoms with Gasteiger partial charge in [-0.1, -0.05) is 0 Å². The van der Waals surface area contributed by atoms with Crippen molar-refractivity contribution < 1.29 is 3.07 Å². The molecule has 0 aliphatic carbocycles. The maximum atomic E-state index is 6.19. The third-order valence-electron chi connectivity index (χ3n) is 2.32. The summed E-state index contributed by atoms with van der Waals surface area (Å²) in [6.07, 6.45) is 0. The fourth-order valence-electron chi connectivity index (χ4n) is 2.30. The molecule has 0 saturated heterocycles. The van der Waals surface area contributed by atoms with Crippen LogP contribution in [0.3, 0.4) is 0 Å². The van der Waals surface area contributed by atoms with Crippen molar-refractivity contribution in [2.45, 2.75) is 41.0 Å². The van der Waals surface area contributed by atoms with Gasteiger partial charge in [-0.3, -0.25) is 0 Å². The van der Waals surface area contributed by atoms with E-state index in [2.05, 4.69) is 47.4 Å². The molecule has 0 fully saturated rings. The first-order valence-electron chi connectivity index (χ1n) is 5.88. The van der Waals surface area contributed by atoms with E-state index in [1.807, 2.05) is 0 Å². The molecule has 0 aromatic carbocycles.